The van der Waals surface area contributed by atoms with Gasteiger partial charge < -0.3 is 15.2 Å². The monoisotopic (exact) mass is 239 g/mol. The number of nitrogens with one attached hydrogen (secondary N) is 1. The van der Waals surface area contributed by atoms with Crippen molar-refractivity contribution >= 4 is 17.7 Å². The summed E-state index contributed by atoms with van der Waals surface area (Å²) in [5.41, 5.74) is 0. The maximum Gasteiger partial charge on any atom is 0.325 e. The Bertz CT molecular complexity index is 423. The number of aliphatic carboxylic acids is 1. The van der Waals surface area contributed by atoms with Gasteiger partial charge in [0.25, 0.3) is 0 Å². The van der Waals surface area contributed by atoms with E-state index in [1.807, 2.05) is 0 Å². The topological polar surface area (TPSA) is 93.5 Å². The van der Waals surface area contributed by atoms with Crippen molar-refractivity contribution in [3.63, 3.8) is 0 Å². The lowest BCUT2D eigenvalue weighted by atomic mass is 10.1. The Kier molecular flexibility index (Phi) is 3.38. The van der Waals surface area contributed by atoms with E-state index in [2.05, 4.69) is 10.4 Å². The van der Waals surface area contributed by atoms with Gasteiger partial charge in [-0.05, 0) is 6.42 Å². The summed E-state index contributed by atoms with van der Waals surface area (Å²) in [6.45, 7) is 0.815. The summed E-state index contributed by atoms with van der Waals surface area (Å²) >= 11 is 0. The molecule has 1 aromatic rings. The second kappa shape index (κ2) is 4.96. The van der Waals surface area contributed by atoms with Crippen LogP contribution in [0.2, 0.25) is 0 Å². The minimum atomic E-state index is -0.977. The average molecular weight is 239 g/mol. The quantitative estimate of drug-likeness (QED) is 0.767. The van der Waals surface area contributed by atoms with Crippen molar-refractivity contribution < 1.29 is 19.4 Å². The van der Waals surface area contributed by atoms with Gasteiger partial charge in [0.2, 0.25) is 5.91 Å². The van der Waals surface area contributed by atoms with Crippen LogP contribution in [0, 0.1) is 5.92 Å². The van der Waals surface area contributed by atoms with E-state index in [1.165, 1.54) is 10.9 Å². The molecule has 1 aromatic heterocycles. The SMILES string of the molecule is O=C(O)Cn1ccc(NC(=O)C2CCOC2)n1. The Morgan fingerprint density at radius 2 is 2.47 bits per heavy atom. The standard InChI is InChI=1S/C10H13N3O4/c14-9(15)5-13-3-1-8(12-13)11-10(16)7-2-4-17-6-7/h1,3,7H,2,4-6H2,(H,14,15)(H,11,12,16). The van der Waals surface area contributed by atoms with E-state index in [-0.39, 0.29) is 18.4 Å². The van der Waals surface area contributed by atoms with Crippen molar-refractivity contribution in [1.29, 1.82) is 0 Å². The Balaban J connectivity index is 1.91. The number of rotatable bonds is 4. The van der Waals surface area contributed by atoms with Gasteiger partial charge in [-0.1, -0.05) is 0 Å². The molecule has 0 saturated carbocycles. The van der Waals surface area contributed by atoms with Gasteiger partial charge in [0, 0.05) is 18.9 Å². The minimum Gasteiger partial charge on any atom is -0.480 e. The summed E-state index contributed by atoms with van der Waals surface area (Å²) in [5, 5.41) is 15.1. The van der Waals surface area contributed by atoms with E-state index in [9.17, 15) is 9.59 Å². The molecule has 1 saturated heterocycles. The predicted octanol–water partition coefficient (Wildman–Crippen LogP) is -0.0573. The van der Waals surface area contributed by atoms with Gasteiger partial charge in [0.1, 0.15) is 6.54 Å². The molecule has 0 bridgehead atoms. The van der Waals surface area contributed by atoms with E-state index >= 15 is 0 Å². The highest BCUT2D eigenvalue weighted by molar-refractivity contribution is 5.91. The molecule has 2 N–H and O–H groups in total. The molecule has 1 atom stereocenters. The van der Waals surface area contributed by atoms with Crippen LogP contribution in [-0.4, -0.2) is 40.0 Å². The van der Waals surface area contributed by atoms with Crippen LogP contribution in [0.5, 0.6) is 0 Å². The van der Waals surface area contributed by atoms with Crippen LogP contribution in [0.3, 0.4) is 0 Å². The molecular weight excluding hydrogens is 226 g/mol. The zero-order valence-corrected chi connectivity index (χ0v) is 9.13. The van der Waals surface area contributed by atoms with Crippen molar-refractivity contribution in [3.05, 3.63) is 12.3 Å². The van der Waals surface area contributed by atoms with Gasteiger partial charge in [-0.15, -0.1) is 0 Å². The van der Waals surface area contributed by atoms with Gasteiger partial charge >= 0.3 is 5.97 Å². The first-order valence-corrected chi connectivity index (χ1v) is 5.29. The minimum absolute atomic E-state index is 0.136. The third kappa shape index (κ3) is 3.04. The van der Waals surface area contributed by atoms with Crippen LogP contribution >= 0.6 is 0 Å². The summed E-state index contributed by atoms with van der Waals surface area (Å²) in [5.74, 6) is -0.888. The van der Waals surface area contributed by atoms with E-state index in [4.69, 9.17) is 9.84 Å². The molecule has 2 rings (SSSR count). The molecule has 17 heavy (non-hydrogen) atoms. The van der Waals surface area contributed by atoms with Crippen molar-refractivity contribution in [1.82, 2.24) is 9.78 Å². The third-order valence-corrected chi connectivity index (χ3v) is 2.49. The first-order valence-electron chi connectivity index (χ1n) is 5.29. The van der Waals surface area contributed by atoms with E-state index in [0.29, 0.717) is 25.5 Å². The summed E-state index contributed by atoms with van der Waals surface area (Å²) in [6.07, 6.45) is 2.22. The number of amides is 1. The van der Waals surface area contributed by atoms with E-state index in [0.717, 1.165) is 0 Å². The fourth-order valence-corrected chi connectivity index (χ4v) is 1.62. The molecule has 1 amide bonds. The van der Waals surface area contributed by atoms with E-state index < -0.39 is 5.97 Å². The molecule has 0 spiro atoms. The fourth-order valence-electron chi connectivity index (χ4n) is 1.62. The highest BCUT2D eigenvalue weighted by Crippen LogP contribution is 2.14. The summed E-state index contributed by atoms with van der Waals surface area (Å²) in [6, 6.07) is 1.57. The smallest absolute Gasteiger partial charge is 0.325 e. The number of hydrogen-bond donors (Lipinski definition) is 2. The lowest BCUT2D eigenvalue weighted by Gasteiger charge is -2.06. The Morgan fingerprint density at radius 3 is 3.12 bits per heavy atom. The van der Waals surface area contributed by atoms with E-state index in [1.54, 1.807) is 6.07 Å². The maximum absolute atomic E-state index is 11.7. The Hall–Kier alpha value is -1.89. The van der Waals surface area contributed by atoms with Gasteiger partial charge in [-0.25, -0.2) is 0 Å². The summed E-state index contributed by atoms with van der Waals surface area (Å²) in [7, 11) is 0. The second-order valence-corrected chi connectivity index (χ2v) is 3.84. The number of hydrogen-bond acceptors (Lipinski definition) is 4. The summed E-state index contributed by atoms with van der Waals surface area (Å²) < 4.78 is 6.36. The predicted molar refractivity (Wildman–Crippen MR) is 57.4 cm³/mol. The maximum atomic E-state index is 11.7. The zero-order valence-electron chi connectivity index (χ0n) is 9.13. The summed E-state index contributed by atoms with van der Waals surface area (Å²) in [4.78, 5) is 22.1. The first-order chi connectivity index (χ1) is 8.15. The molecule has 7 heteroatoms. The van der Waals surface area contributed by atoms with Gasteiger partial charge in [0.05, 0.1) is 12.5 Å². The molecule has 0 aliphatic carbocycles. The molecule has 1 fully saturated rings. The third-order valence-electron chi connectivity index (χ3n) is 2.49. The van der Waals surface area contributed by atoms with Crippen molar-refractivity contribution in [2.24, 2.45) is 5.92 Å². The number of carboxylic acid groups (broad SMARTS) is 1. The Labute approximate surface area is 97.4 Å². The molecule has 0 radical (unpaired) electrons. The molecular formula is C10H13N3O4. The fraction of sp³-hybridized carbons (Fsp3) is 0.500. The molecule has 1 aliphatic rings. The van der Waals surface area contributed by atoms with Crippen LogP contribution in [0.25, 0.3) is 0 Å². The number of carbonyl (C=O) groups excluding carboxylic acids is 1. The molecule has 1 unspecified atom stereocenters. The molecule has 92 valence electrons. The highest BCUT2D eigenvalue weighted by atomic mass is 16.5. The lowest BCUT2D eigenvalue weighted by Crippen LogP contribution is -2.23. The van der Waals surface area contributed by atoms with Crippen LogP contribution in [-0.2, 0) is 20.9 Å². The second-order valence-electron chi connectivity index (χ2n) is 3.84. The first kappa shape index (κ1) is 11.6. The number of carbonyl (C=O) groups is 2. The molecule has 0 aromatic carbocycles. The molecule has 7 nitrogen and oxygen atoms in total. The number of carboxylic acids is 1. The lowest BCUT2D eigenvalue weighted by molar-refractivity contribution is -0.137. The molecule has 1 aliphatic heterocycles. The molecule has 2 heterocycles. The number of ether oxygens (including phenoxy) is 1. The van der Waals surface area contributed by atoms with Crippen molar-refractivity contribution in [3.8, 4) is 0 Å². The zero-order chi connectivity index (χ0) is 12.3. The highest BCUT2D eigenvalue weighted by Gasteiger charge is 2.23. The van der Waals surface area contributed by atoms with Crippen molar-refractivity contribution in [2.45, 2.75) is 13.0 Å². The average Bonchev–Trinajstić information content (AvgIpc) is 2.87. The van der Waals surface area contributed by atoms with Gasteiger partial charge in [-0.2, -0.15) is 5.10 Å². The Morgan fingerprint density at radius 1 is 1.65 bits per heavy atom. The van der Waals surface area contributed by atoms with Crippen LogP contribution in [0.1, 0.15) is 6.42 Å². The van der Waals surface area contributed by atoms with Crippen LogP contribution in [0.15, 0.2) is 12.3 Å². The number of anilines is 1. The van der Waals surface area contributed by atoms with Gasteiger partial charge in [-0.3, -0.25) is 14.3 Å². The number of nitrogens with zero attached hydrogens (tertiary/aromatic N) is 2. The number of aromatic nitrogens is 2. The van der Waals surface area contributed by atoms with Crippen molar-refractivity contribution in [2.75, 3.05) is 18.5 Å². The van der Waals surface area contributed by atoms with Crippen LogP contribution in [0.4, 0.5) is 5.82 Å². The normalized spacial score (nSPS) is 19.2. The largest absolute Gasteiger partial charge is 0.480 e. The van der Waals surface area contributed by atoms with Gasteiger partial charge in [0.15, 0.2) is 5.82 Å². The van der Waals surface area contributed by atoms with Crippen LogP contribution < -0.4 is 5.32 Å².